The van der Waals surface area contributed by atoms with Crippen molar-refractivity contribution < 1.29 is 9.53 Å². The molecule has 4 heteroatoms. The number of nitrogens with zero attached hydrogens (tertiary/aromatic N) is 1. The van der Waals surface area contributed by atoms with E-state index < -0.39 is 5.41 Å². The number of nitriles is 1. The Morgan fingerprint density at radius 1 is 1.50 bits per heavy atom. The molecule has 0 atom stereocenters. The van der Waals surface area contributed by atoms with Crippen LogP contribution in [0.25, 0.3) is 0 Å². The van der Waals surface area contributed by atoms with Gasteiger partial charge in [-0.15, -0.1) is 0 Å². The lowest BCUT2D eigenvalue weighted by Gasteiger charge is -2.27. The van der Waals surface area contributed by atoms with Crippen LogP contribution in [0.15, 0.2) is 0 Å². The molecule has 0 saturated carbocycles. The molecule has 0 saturated heterocycles. The molecule has 0 aliphatic carbocycles. The van der Waals surface area contributed by atoms with E-state index in [1.165, 1.54) is 0 Å². The molecule has 0 amide bonds. The highest BCUT2D eigenvalue weighted by molar-refractivity contribution is 5.77. The van der Waals surface area contributed by atoms with Gasteiger partial charge in [0.25, 0.3) is 0 Å². The van der Waals surface area contributed by atoms with E-state index >= 15 is 0 Å². The van der Waals surface area contributed by atoms with Gasteiger partial charge < -0.3 is 10.5 Å². The van der Waals surface area contributed by atoms with Crippen molar-refractivity contribution in [3.05, 3.63) is 0 Å². The lowest BCUT2D eigenvalue weighted by Crippen LogP contribution is -2.39. The Bertz CT molecular complexity index is 208. The molecule has 0 aromatic heterocycles. The van der Waals surface area contributed by atoms with Crippen LogP contribution in [0.5, 0.6) is 0 Å². The average Bonchev–Trinajstić information content (AvgIpc) is 2.22. The summed E-state index contributed by atoms with van der Waals surface area (Å²) in [5, 5.41) is 8.29. The van der Waals surface area contributed by atoms with Gasteiger partial charge in [-0.3, -0.25) is 4.79 Å². The molecular formula is C10H18N2O2. The monoisotopic (exact) mass is 198 g/mol. The second-order valence-electron chi connectivity index (χ2n) is 3.24. The number of carbonyl (C=O) groups excluding carboxylic acids is 1. The van der Waals surface area contributed by atoms with Crippen molar-refractivity contribution >= 4 is 5.97 Å². The molecule has 0 rings (SSSR count). The van der Waals surface area contributed by atoms with E-state index in [9.17, 15) is 4.79 Å². The Morgan fingerprint density at radius 2 is 2.07 bits per heavy atom. The Kier molecular flexibility index (Phi) is 5.89. The van der Waals surface area contributed by atoms with E-state index in [0.717, 1.165) is 0 Å². The molecule has 0 unspecified atom stereocenters. The minimum absolute atomic E-state index is 0.164. The zero-order valence-corrected chi connectivity index (χ0v) is 8.88. The van der Waals surface area contributed by atoms with Gasteiger partial charge >= 0.3 is 5.97 Å². The first-order valence-electron chi connectivity index (χ1n) is 4.91. The van der Waals surface area contributed by atoms with E-state index in [4.69, 9.17) is 15.7 Å². The zero-order valence-electron chi connectivity index (χ0n) is 8.88. The van der Waals surface area contributed by atoms with Crippen LogP contribution in [0.3, 0.4) is 0 Å². The van der Waals surface area contributed by atoms with Gasteiger partial charge in [0, 0.05) is 6.54 Å². The summed E-state index contributed by atoms with van der Waals surface area (Å²) in [7, 11) is 0. The fourth-order valence-corrected chi connectivity index (χ4v) is 1.25. The third-order valence-corrected chi connectivity index (χ3v) is 2.62. The molecular weight excluding hydrogens is 180 g/mol. The fraction of sp³-hybridized carbons (Fsp3) is 0.800. The number of ether oxygens (including phenoxy) is 1. The number of nitrogens with two attached hydrogens (primary N) is 1. The molecule has 14 heavy (non-hydrogen) atoms. The van der Waals surface area contributed by atoms with Crippen LogP contribution in [0.4, 0.5) is 0 Å². The Morgan fingerprint density at radius 3 is 2.43 bits per heavy atom. The van der Waals surface area contributed by atoms with Crippen molar-refractivity contribution in [1.29, 1.82) is 5.26 Å². The summed E-state index contributed by atoms with van der Waals surface area (Å²) in [5.74, 6) is -0.278. The largest absolute Gasteiger partial charge is 0.464 e. The summed E-state index contributed by atoms with van der Waals surface area (Å²) in [6.45, 7) is 4.30. The van der Waals surface area contributed by atoms with Gasteiger partial charge in [-0.2, -0.15) is 5.26 Å². The first kappa shape index (κ1) is 12.9. The minimum Gasteiger partial charge on any atom is -0.464 e. The van der Waals surface area contributed by atoms with Crippen LogP contribution in [0, 0.1) is 16.7 Å². The van der Waals surface area contributed by atoms with E-state index in [1.54, 1.807) is 0 Å². The lowest BCUT2D eigenvalue weighted by molar-refractivity contribution is -0.155. The van der Waals surface area contributed by atoms with Crippen LogP contribution in [0.1, 0.15) is 33.1 Å². The molecule has 0 fully saturated rings. The van der Waals surface area contributed by atoms with Gasteiger partial charge in [0.1, 0.15) is 6.61 Å². The molecule has 4 nitrogen and oxygen atoms in total. The summed E-state index contributed by atoms with van der Waals surface area (Å²) in [4.78, 5) is 11.6. The second kappa shape index (κ2) is 6.39. The summed E-state index contributed by atoms with van der Waals surface area (Å²) in [6.07, 6.45) is 1.58. The second-order valence-corrected chi connectivity index (χ2v) is 3.24. The molecule has 0 aromatic carbocycles. The number of carbonyl (C=O) groups is 1. The van der Waals surface area contributed by atoms with Crippen molar-refractivity contribution in [2.24, 2.45) is 11.1 Å². The third kappa shape index (κ3) is 3.00. The summed E-state index contributed by atoms with van der Waals surface area (Å²) >= 11 is 0. The van der Waals surface area contributed by atoms with Gasteiger partial charge in [-0.1, -0.05) is 13.8 Å². The minimum atomic E-state index is -0.560. The normalized spacial score (nSPS) is 10.7. The first-order valence-corrected chi connectivity index (χ1v) is 4.91. The average molecular weight is 198 g/mol. The highest BCUT2D eigenvalue weighted by atomic mass is 16.5. The van der Waals surface area contributed by atoms with Crippen LogP contribution in [-0.2, 0) is 9.53 Å². The lowest BCUT2D eigenvalue weighted by atomic mass is 9.82. The van der Waals surface area contributed by atoms with Crippen molar-refractivity contribution in [2.45, 2.75) is 33.1 Å². The molecule has 0 spiro atoms. The van der Waals surface area contributed by atoms with Crippen LogP contribution in [0.2, 0.25) is 0 Å². The Balaban J connectivity index is 4.24. The van der Waals surface area contributed by atoms with Crippen molar-refractivity contribution in [3.8, 4) is 6.07 Å². The topological polar surface area (TPSA) is 76.1 Å². The zero-order chi connectivity index (χ0) is 11.0. The molecule has 0 aromatic rings. The highest BCUT2D eigenvalue weighted by Gasteiger charge is 2.34. The predicted octanol–water partition coefficient (Wildman–Crippen LogP) is 1.21. The van der Waals surface area contributed by atoms with Crippen molar-refractivity contribution in [2.75, 3.05) is 13.2 Å². The smallest absolute Gasteiger partial charge is 0.313 e. The molecule has 80 valence electrons. The molecule has 0 radical (unpaired) electrons. The summed E-state index contributed by atoms with van der Waals surface area (Å²) in [5.41, 5.74) is 5.01. The van der Waals surface area contributed by atoms with E-state index in [1.807, 2.05) is 19.9 Å². The molecule has 0 aliphatic rings. The quantitative estimate of drug-likeness (QED) is 0.514. The number of rotatable bonds is 6. The van der Waals surface area contributed by atoms with Gasteiger partial charge in [0.2, 0.25) is 0 Å². The highest BCUT2D eigenvalue weighted by Crippen LogP contribution is 2.26. The number of hydrogen-bond donors (Lipinski definition) is 1. The first-order chi connectivity index (χ1) is 6.66. The molecule has 0 aliphatic heterocycles. The maximum atomic E-state index is 11.6. The molecule has 2 N–H and O–H groups in total. The Labute approximate surface area is 85.0 Å². The van der Waals surface area contributed by atoms with Crippen LogP contribution < -0.4 is 5.73 Å². The third-order valence-electron chi connectivity index (χ3n) is 2.62. The SMILES string of the molecule is CCC(CC)(CN)C(=O)OCCC#N. The van der Waals surface area contributed by atoms with Gasteiger partial charge in [-0.25, -0.2) is 0 Å². The molecule has 0 bridgehead atoms. The molecule has 0 heterocycles. The Hall–Kier alpha value is -1.08. The van der Waals surface area contributed by atoms with E-state index in [2.05, 4.69) is 0 Å². The fourth-order valence-electron chi connectivity index (χ4n) is 1.25. The number of hydrogen-bond acceptors (Lipinski definition) is 4. The summed E-state index contributed by atoms with van der Waals surface area (Å²) < 4.78 is 4.98. The van der Waals surface area contributed by atoms with Gasteiger partial charge in [0.05, 0.1) is 17.9 Å². The van der Waals surface area contributed by atoms with Crippen molar-refractivity contribution in [3.63, 3.8) is 0 Å². The van der Waals surface area contributed by atoms with E-state index in [-0.39, 0.29) is 19.0 Å². The summed E-state index contributed by atoms with van der Waals surface area (Å²) in [6, 6.07) is 1.92. The van der Waals surface area contributed by atoms with Crippen LogP contribution in [-0.4, -0.2) is 19.1 Å². The number of esters is 1. The van der Waals surface area contributed by atoms with E-state index in [0.29, 0.717) is 19.4 Å². The standard InChI is InChI=1S/C10H18N2O2/c1-3-10(4-2,8-12)9(13)14-7-5-6-11/h3-5,7-8,12H2,1-2H3. The van der Waals surface area contributed by atoms with Gasteiger partial charge in [-0.05, 0) is 12.8 Å². The van der Waals surface area contributed by atoms with Crippen LogP contribution >= 0.6 is 0 Å². The van der Waals surface area contributed by atoms with Crippen molar-refractivity contribution in [1.82, 2.24) is 0 Å². The predicted molar refractivity (Wildman–Crippen MR) is 53.3 cm³/mol. The maximum absolute atomic E-state index is 11.6. The maximum Gasteiger partial charge on any atom is 0.313 e. The van der Waals surface area contributed by atoms with Gasteiger partial charge in [0.15, 0.2) is 0 Å².